The Bertz CT molecular complexity index is 203. The van der Waals surface area contributed by atoms with Crippen molar-refractivity contribution >= 4 is 8.80 Å². The first kappa shape index (κ1) is 13.1. The highest BCUT2D eigenvalue weighted by Crippen LogP contribution is 2.27. The van der Waals surface area contributed by atoms with Gasteiger partial charge in [0.1, 0.15) is 6.17 Å². The Hall–Kier alpha value is 0.0569. The van der Waals surface area contributed by atoms with Gasteiger partial charge in [-0.25, -0.2) is 0 Å². The van der Waals surface area contributed by atoms with Crippen LogP contribution in [-0.2, 0) is 13.3 Å². The quantitative estimate of drug-likeness (QED) is 0.525. The molecule has 1 heterocycles. The minimum atomic E-state index is -2.42. The van der Waals surface area contributed by atoms with E-state index in [-0.39, 0.29) is 0 Å². The first-order chi connectivity index (χ1) is 7.02. The van der Waals surface area contributed by atoms with E-state index in [1.165, 1.54) is 19.4 Å². The zero-order chi connectivity index (χ0) is 11.5. The molecule has 1 aliphatic rings. The number of quaternary nitrogens is 1. The Kier molecular flexibility index (Phi) is 4.31. The molecule has 1 fully saturated rings. The molecule has 15 heavy (non-hydrogen) atoms. The van der Waals surface area contributed by atoms with E-state index >= 15 is 0 Å². The van der Waals surface area contributed by atoms with Gasteiger partial charge in [-0.1, -0.05) is 0 Å². The van der Waals surface area contributed by atoms with Crippen molar-refractivity contribution in [2.75, 3.05) is 41.1 Å². The Balaban J connectivity index is 2.72. The van der Waals surface area contributed by atoms with Crippen LogP contribution in [0.1, 0.15) is 19.8 Å². The predicted molar refractivity (Wildman–Crippen MR) is 61.4 cm³/mol. The van der Waals surface area contributed by atoms with Crippen LogP contribution in [0.4, 0.5) is 0 Å². The second-order valence-electron chi connectivity index (χ2n) is 4.65. The van der Waals surface area contributed by atoms with Crippen molar-refractivity contribution in [3.63, 3.8) is 0 Å². The van der Waals surface area contributed by atoms with Crippen LogP contribution in [0.2, 0.25) is 0 Å². The Morgan fingerprint density at radius 2 is 1.73 bits per heavy atom. The Morgan fingerprint density at radius 3 is 2.07 bits per heavy atom. The molecular formula is C10H24NO3Si+. The van der Waals surface area contributed by atoms with Gasteiger partial charge in [0.25, 0.3) is 0 Å². The van der Waals surface area contributed by atoms with Gasteiger partial charge >= 0.3 is 8.80 Å². The number of hydrogen-bond donors (Lipinski definition) is 0. The lowest BCUT2D eigenvalue weighted by molar-refractivity contribution is -0.911. The lowest BCUT2D eigenvalue weighted by atomic mass is 10.2. The highest BCUT2D eigenvalue weighted by molar-refractivity contribution is 6.60. The molecule has 0 saturated carbocycles. The summed E-state index contributed by atoms with van der Waals surface area (Å²) in [4.78, 5) is 0. The van der Waals surface area contributed by atoms with E-state index in [9.17, 15) is 0 Å². The van der Waals surface area contributed by atoms with Gasteiger partial charge in [-0.3, -0.25) is 0 Å². The van der Waals surface area contributed by atoms with E-state index in [1.54, 1.807) is 21.3 Å². The third-order valence-corrected chi connectivity index (χ3v) is 6.82. The van der Waals surface area contributed by atoms with Crippen molar-refractivity contribution in [3.05, 3.63) is 0 Å². The summed E-state index contributed by atoms with van der Waals surface area (Å²) < 4.78 is 17.5. The van der Waals surface area contributed by atoms with Crippen molar-refractivity contribution in [1.82, 2.24) is 0 Å². The zero-order valence-electron chi connectivity index (χ0n) is 10.6. The van der Waals surface area contributed by atoms with Crippen LogP contribution in [0.3, 0.4) is 0 Å². The fraction of sp³-hybridized carbons (Fsp3) is 1.00. The van der Waals surface area contributed by atoms with E-state index in [4.69, 9.17) is 13.3 Å². The predicted octanol–water partition coefficient (Wildman–Crippen LogP) is 1.03. The molecule has 5 heteroatoms. The normalized spacial score (nSPS) is 32.2. The molecule has 0 aliphatic carbocycles. The number of hydrogen-bond acceptors (Lipinski definition) is 3. The molecule has 0 aromatic heterocycles. The molecule has 2 unspecified atom stereocenters. The van der Waals surface area contributed by atoms with Gasteiger partial charge in [-0.05, 0) is 6.92 Å². The molecular weight excluding hydrogens is 210 g/mol. The number of rotatable bonds is 5. The minimum Gasteiger partial charge on any atom is -0.374 e. The lowest BCUT2D eigenvalue weighted by Crippen LogP contribution is -2.61. The van der Waals surface area contributed by atoms with Gasteiger partial charge in [0.2, 0.25) is 0 Å². The Morgan fingerprint density at radius 1 is 1.20 bits per heavy atom. The van der Waals surface area contributed by atoms with Crippen LogP contribution in [0.5, 0.6) is 0 Å². The summed E-state index contributed by atoms with van der Waals surface area (Å²) in [6, 6.07) is 0.678. The molecule has 0 aromatic rings. The second-order valence-corrected chi connectivity index (χ2v) is 7.55. The maximum atomic E-state index is 5.49. The fourth-order valence-electron chi connectivity index (χ4n) is 2.40. The summed E-state index contributed by atoms with van der Waals surface area (Å²) in [5, 5.41) is 0. The van der Waals surface area contributed by atoms with Crippen molar-refractivity contribution in [2.45, 2.75) is 25.8 Å². The van der Waals surface area contributed by atoms with Crippen LogP contribution in [-0.4, -0.2) is 60.4 Å². The average Bonchev–Trinajstić information content (AvgIpc) is 2.56. The van der Waals surface area contributed by atoms with E-state index in [0.29, 0.717) is 6.04 Å². The minimum absolute atomic E-state index is 0.678. The largest absolute Gasteiger partial charge is 0.558 e. The van der Waals surface area contributed by atoms with Crippen LogP contribution >= 0.6 is 0 Å². The first-order valence-corrected chi connectivity index (χ1v) is 7.45. The van der Waals surface area contributed by atoms with Crippen LogP contribution in [0.25, 0.3) is 0 Å². The molecule has 0 N–H and O–H groups in total. The number of nitrogens with zero attached hydrogens (tertiary/aromatic N) is 1. The maximum absolute atomic E-state index is 5.49. The fourth-order valence-corrected chi connectivity index (χ4v) is 4.64. The molecule has 0 bridgehead atoms. The summed E-state index contributed by atoms with van der Waals surface area (Å²) in [7, 11) is 4.91. The van der Waals surface area contributed by atoms with E-state index < -0.39 is 8.80 Å². The first-order valence-electron chi connectivity index (χ1n) is 5.51. The van der Waals surface area contributed by atoms with Crippen molar-refractivity contribution in [2.24, 2.45) is 0 Å². The molecule has 1 rings (SSSR count). The standard InChI is InChI=1S/C10H24NO3Si/c1-10-7-6-8-11(10,2)9-15(12-3,13-4)14-5/h10H,6-9H2,1-5H3/q+1. The molecule has 2 atom stereocenters. The van der Waals surface area contributed by atoms with E-state index in [1.807, 2.05) is 0 Å². The van der Waals surface area contributed by atoms with Gasteiger partial charge in [-0.15, -0.1) is 0 Å². The third-order valence-electron chi connectivity index (χ3n) is 3.84. The molecule has 1 aliphatic heterocycles. The van der Waals surface area contributed by atoms with Crippen molar-refractivity contribution in [3.8, 4) is 0 Å². The van der Waals surface area contributed by atoms with E-state index in [2.05, 4.69) is 14.0 Å². The van der Waals surface area contributed by atoms with Gasteiger partial charge in [-0.2, -0.15) is 0 Å². The topological polar surface area (TPSA) is 27.7 Å². The zero-order valence-corrected chi connectivity index (χ0v) is 11.6. The molecule has 0 amide bonds. The van der Waals surface area contributed by atoms with Crippen LogP contribution < -0.4 is 0 Å². The van der Waals surface area contributed by atoms with Crippen LogP contribution in [0.15, 0.2) is 0 Å². The maximum Gasteiger partial charge on any atom is 0.558 e. The second kappa shape index (κ2) is 4.93. The highest BCUT2D eigenvalue weighted by Gasteiger charge is 2.50. The molecule has 1 saturated heterocycles. The van der Waals surface area contributed by atoms with Crippen molar-refractivity contribution in [1.29, 1.82) is 0 Å². The SMILES string of the molecule is CO[Si](C[N+]1(C)CCCC1C)(OC)OC. The number of likely N-dealkylation sites (tertiary alicyclic amines) is 1. The molecule has 0 aromatic carbocycles. The van der Waals surface area contributed by atoms with Crippen LogP contribution in [0, 0.1) is 0 Å². The molecule has 90 valence electrons. The summed E-state index contributed by atoms with van der Waals surface area (Å²) in [5.41, 5.74) is 0. The third kappa shape index (κ3) is 2.60. The summed E-state index contributed by atoms with van der Waals surface area (Å²) >= 11 is 0. The van der Waals surface area contributed by atoms with E-state index in [0.717, 1.165) is 10.7 Å². The average molecular weight is 234 g/mol. The summed E-state index contributed by atoms with van der Waals surface area (Å²) in [6.07, 6.45) is 3.45. The van der Waals surface area contributed by atoms with Gasteiger partial charge in [0, 0.05) is 34.2 Å². The summed E-state index contributed by atoms with van der Waals surface area (Å²) in [5.74, 6) is 0. The summed E-state index contributed by atoms with van der Waals surface area (Å²) in [6.45, 7) is 3.50. The molecule has 0 spiro atoms. The van der Waals surface area contributed by atoms with Gasteiger partial charge in [0.15, 0.2) is 0 Å². The Labute approximate surface area is 94.1 Å². The van der Waals surface area contributed by atoms with Crippen molar-refractivity contribution < 1.29 is 17.8 Å². The molecule has 4 nitrogen and oxygen atoms in total. The monoisotopic (exact) mass is 234 g/mol. The molecule has 0 radical (unpaired) electrons. The van der Waals surface area contributed by atoms with Gasteiger partial charge < -0.3 is 17.8 Å². The van der Waals surface area contributed by atoms with Gasteiger partial charge in [0.05, 0.1) is 19.6 Å². The lowest BCUT2D eigenvalue weighted by Gasteiger charge is -2.38. The highest BCUT2D eigenvalue weighted by atomic mass is 28.4. The smallest absolute Gasteiger partial charge is 0.374 e.